The molecule has 0 aliphatic heterocycles. The standard InChI is InChI=1S/C54H44N2S2/c1-33-27-39(55(37-19-9-7-10-20-37)47-29-35-17-13-15-23-45(35)57-47)31-43-49(33)41-25-26-42-50-34(2)28-40(32-44(50)54(5,6)52(42)51(41)53(43,3)4)56(38-21-11-8-12-22-38)48-30-36-18-14-16-24-46(36)58-48/h7-32H,1-6H3. The summed E-state index contributed by atoms with van der Waals surface area (Å²) in [5.74, 6) is 0. The Labute approximate surface area is 349 Å². The Morgan fingerprint density at radius 2 is 0.776 bits per heavy atom. The molecule has 11 rings (SSSR count). The second-order valence-corrected chi connectivity index (χ2v) is 19.2. The molecule has 7 aromatic carbocycles. The smallest absolute Gasteiger partial charge is 0.101 e. The Kier molecular flexibility index (Phi) is 7.77. The molecule has 2 aliphatic rings. The Balaban J connectivity index is 1.06. The lowest BCUT2D eigenvalue weighted by Crippen LogP contribution is -2.24. The highest BCUT2D eigenvalue weighted by atomic mass is 32.1. The molecule has 0 fully saturated rings. The minimum absolute atomic E-state index is 0.220. The van der Waals surface area contributed by atoms with Gasteiger partial charge in [0.05, 0.1) is 0 Å². The molecule has 2 heterocycles. The van der Waals surface area contributed by atoms with Crippen LogP contribution >= 0.6 is 22.7 Å². The van der Waals surface area contributed by atoms with Crippen LogP contribution in [0.25, 0.3) is 42.4 Å². The number of rotatable bonds is 6. The first-order valence-electron chi connectivity index (χ1n) is 20.3. The van der Waals surface area contributed by atoms with E-state index in [2.05, 4.69) is 209 Å². The van der Waals surface area contributed by atoms with Crippen LogP contribution in [0.5, 0.6) is 0 Å². The predicted molar refractivity (Wildman–Crippen MR) is 251 cm³/mol. The van der Waals surface area contributed by atoms with Gasteiger partial charge < -0.3 is 9.80 Å². The minimum Gasteiger partial charge on any atom is -0.302 e. The zero-order chi connectivity index (χ0) is 39.5. The van der Waals surface area contributed by atoms with E-state index in [-0.39, 0.29) is 10.8 Å². The molecular formula is C54H44N2S2. The highest BCUT2D eigenvalue weighted by Crippen LogP contribution is 2.61. The fourth-order valence-corrected chi connectivity index (χ4v) is 12.4. The van der Waals surface area contributed by atoms with Crippen LogP contribution in [0.2, 0.25) is 0 Å². The van der Waals surface area contributed by atoms with Crippen LogP contribution in [0.1, 0.15) is 61.1 Å². The molecule has 2 aliphatic carbocycles. The van der Waals surface area contributed by atoms with Crippen molar-refractivity contribution in [2.24, 2.45) is 0 Å². The predicted octanol–water partition coefficient (Wildman–Crippen LogP) is 16.3. The van der Waals surface area contributed by atoms with Crippen LogP contribution in [0.15, 0.2) is 158 Å². The van der Waals surface area contributed by atoms with Gasteiger partial charge in [0.15, 0.2) is 0 Å². The van der Waals surface area contributed by atoms with Crippen molar-refractivity contribution in [3.8, 4) is 22.3 Å². The molecule has 0 unspecified atom stereocenters. The fraction of sp³-hybridized carbons (Fsp3) is 0.148. The van der Waals surface area contributed by atoms with Gasteiger partial charge in [0, 0.05) is 43.0 Å². The summed E-state index contributed by atoms with van der Waals surface area (Å²) >= 11 is 3.71. The first kappa shape index (κ1) is 35.2. The zero-order valence-electron chi connectivity index (χ0n) is 33.7. The van der Waals surface area contributed by atoms with Gasteiger partial charge in [0.25, 0.3) is 0 Å². The topological polar surface area (TPSA) is 6.48 Å². The van der Waals surface area contributed by atoms with E-state index in [9.17, 15) is 0 Å². The van der Waals surface area contributed by atoms with E-state index in [0.717, 1.165) is 0 Å². The number of nitrogens with zero attached hydrogens (tertiary/aromatic N) is 2. The van der Waals surface area contributed by atoms with Crippen LogP contribution in [0.3, 0.4) is 0 Å². The summed E-state index contributed by atoms with van der Waals surface area (Å²) in [5.41, 5.74) is 18.2. The van der Waals surface area contributed by atoms with Crippen LogP contribution in [-0.4, -0.2) is 0 Å². The maximum absolute atomic E-state index is 2.49. The first-order valence-corrected chi connectivity index (χ1v) is 21.9. The second kappa shape index (κ2) is 12.8. The number of benzene rings is 7. The average Bonchev–Trinajstić information content (AvgIpc) is 3.95. The van der Waals surface area contributed by atoms with Gasteiger partial charge >= 0.3 is 0 Å². The molecule has 282 valence electrons. The van der Waals surface area contributed by atoms with Gasteiger partial charge in [-0.05, 0) is 153 Å². The Morgan fingerprint density at radius 1 is 0.397 bits per heavy atom. The van der Waals surface area contributed by atoms with E-state index in [1.54, 1.807) is 0 Å². The first-order chi connectivity index (χ1) is 28.1. The summed E-state index contributed by atoms with van der Waals surface area (Å²) in [6, 6.07) is 58.5. The number of aryl methyl sites for hydroxylation is 2. The molecule has 0 saturated carbocycles. The van der Waals surface area contributed by atoms with Gasteiger partial charge in [-0.25, -0.2) is 0 Å². The van der Waals surface area contributed by atoms with Crippen molar-refractivity contribution < 1.29 is 0 Å². The van der Waals surface area contributed by atoms with Crippen molar-refractivity contribution in [3.63, 3.8) is 0 Å². The summed E-state index contributed by atoms with van der Waals surface area (Å²) < 4.78 is 2.60. The van der Waals surface area contributed by atoms with E-state index in [0.29, 0.717) is 0 Å². The van der Waals surface area contributed by atoms with Gasteiger partial charge in [-0.15, -0.1) is 22.7 Å². The number of para-hydroxylation sites is 2. The van der Waals surface area contributed by atoms with Gasteiger partial charge in [0.2, 0.25) is 0 Å². The molecule has 0 bridgehead atoms. The van der Waals surface area contributed by atoms with Crippen LogP contribution in [0.4, 0.5) is 32.8 Å². The molecular weight excluding hydrogens is 741 g/mol. The summed E-state index contributed by atoms with van der Waals surface area (Å²) in [6.45, 7) is 14.5. The molecule has 9 aromatic rings. The van der Waals surface area contributed by atoms with Gasteiger partial charge in [-0.3, -0.25) is 0 Å². The average molecular weight is 785 g/mol. The SMILES string of the molecule is Cc1cc(N(c2ccccc2)c2cc3ccccc3s2)cc2c1-c1ccc3c(c1C2(C)C)C(C)(C)c1cc(N(c2ccccc2)c2cc4ccccc4s2)cc(C)c1-3. The monoisotopic (exact) mass is 784 g/mol. The summed E-state index contributed by atoms with van der Waals surface area (Å²) in [7, 11) is 0. The van der Waals surface area contributed by atoms with E-state index in [1.165, 1.54) is 109 Å². The van der Waals surface area contributed by atoms with Crippen molar-refractivity contribution in [2.45, 2.75) is 52.4 Å². The number of hydrogen-bond donors (Lipinski definition) is 0. The Hall–Kier alpha value is -5.94. The normalized spacial score (nSPS) is 14.3. The lowest BCUT2D eigenvalue weighted by atomic mass is 9.72. The number of anilines is 6. The van der Waals surface area contributed by atoms with Gasteiger partial charge in [-0.2, -0.15) is 0 Å². The second-order valence-electron chi connectivity index (χ2n) is 17.1. The van der Waals surface area contributed by atoms with Crippen molar-refractivity contribution in [1.29, 1.82) is 0 Å². The molecule has 0 radical (unpaired) electrons. The van der Waals surface area contributed by atoms with Crippen molar-refractivity contribution >= 4 is 75.6 Å². The zero-order valence-corrected chi connectivity index (χ0v) is 35.4. The van der Waals surface area contributed by atoms with E-state index in [4.69, 9.17) is 0 Å². The van der Waals surface area contributed by atoms with Crippen LogP contribution in [-0.2, 0) is 10.8 Å². The minimum atomic E-state index is -0.220. The van der Waals surface area contributed by atoms with E-state index >= 15 is 0 Å². The molecule has 0 spiro atoms. The molecule has 58 heavy (non-hydrogen) atoms. The molecule has 0 saturated heterocycles. The summed E-state index contributed by atoms with van der Waals surface area (Å²) in [4.78, 5) is 4.92. The highest BCUT2D eigenvalue weighted by molar-refractivity contribution is 7.23. The lowest BCUT2D eigenvalue weighted by Gasteiger charge is -2.32. The summed E-state index contributed by atoms with van der Waals surface area (Å²) in [6.07, 6.45) is 0. The van der Waals surface area contributed by atoms with Crippen molar-refractivity contribution in [2.75, 3.05) is 9.80 Å². The van der Waals surface area contributed by atoms with Crippen LogP contribution in [0, 0.1) is 13.8 Å². The number of fused-ring (bicyclic) bond motifs is 9. The third kappa shape index (κ3) is 5.14. The largest absolute Gasteiger partial charge is 0.302 e. The maximum atomic E-state index is 2.49. The molecule has 0 atom stereocenters. The van der Waals surface area contributed by atoms with E-state index in [1.807, 2.05) is 22.7 Å². The van der Waals surface area contributed by atoms with Gasteiger partial charge in [-0.1, -0.05) is 113 Å². The number of thiophene rings is 2. The van der Waals surface area contributed by atoms with Crippen molar-refractivity contribution in [3.05, 3.63) is 191 Å². The Morgan fingerprint density at radius 3 is 1.17 bits per heavy atom. The fourth-order valence-electron chi connectivity index (χ4n) is 10.2. The lowest BCUT2D eigenvalue weighted by molar-refractivity contribution is 0.601. The van der Waals surface area contributed by atoms with Gasteiger partial charge in [0.1, 0.15) is 10.0 Å². The highest BCUT2D eigenvalue weighted by Gasteiger charge is 2.47. The van der Waals surface area contributed by atoms with Crippen molar-refractivity contribution in [1.82, 2.24) is 0 Å². The molecule has 2 nitrogen and oxygen atoms in total. The third-order valence-corrected chi connectivity index (χ3v) is 15.0. The maximum Gasteiger partial charge on any atom is 0.101 e. The summed E-state index contributed by atoms with van der Waals surface area (Å²) in [5, 5.41) is 5.01. The molecule has 0 amide bonds. The molecule has 0 N–H and O–H groups in total. The third-order valence-electron chi connectivity index (χ3n) is 12.8. The van der Waals surface area contributed by atoms with Crippen LogP contribution < -0.4 is 9.80 Å². The quantitative estimate of drug-likeness (QED) is 0.166. The Bertz CT molecular complexity index is 2820. The molecule has 2 aromatic heterocycles. The van der Waals surface area contributed by atoms with E-state index < -0.39 is 0 Å². The number of hydrogen-bond acceptors (Lipinski definition) is 4. The molecule has 4 heteroatoms.